The van der Waals surface area contributed by atoms with Gasteiger partial charge in [0.15, 0.2) is 5.75 Å². The maximum atomic E-state index is 12.1. The first-order valence-electron chi connectivity index (χ1n) is 6.15. The summed E-state index contributed by atoms with van der Waals surface area (Å²) in [5.41, 5.74) is 1.55. The summed E-state index contributed by atoms with van der Waals surface area (Å²) in [5, 5.41) is 6.27. The minimum Gasteiger partial charge on any atom is -0.489 e. The van der Waals surface area contributed by atoms with Gasteiger partial charge >= 0.3 is 0 Å². The second-order valence-corrected chi connectivity index (χ2v) is 4.56. The van der Waals surface area contributed by atoms with Gasteiger partial charge < -0.3 is 15.4 Å². The number of hydrogen-bond acceptors (Lipinski definition) is 3. The summed E-state index contributed by atoms with van der Waals surface area (Å²) in [6.45, 7) is 1.40. The van der Waals surface area contributed by atoms with E-state index in [1.54, 1.807) is 0 Å². The molecule has 1 amide bonds. The van der Waals surface area contributed by atoms with E-state index in [1.807, 2.05) is 18.2 Å². The number of nitrogens with one attached hydrogen (secondary N) is 2. The van der Waals surface area contributed by atoms with Gasteiger partial charge in [-0.2, -0.15) is 0 Å². The Morgan fingerprint density at radius 1 is 1.41 bits per heavy atom. The normalized spacial score (nSPS) is 18.4. The number of fused-ring (bicyclic) bond motifs is 1. The summed E-state index contributed by atoms with van der Waals surface area (Å²) in [6, 6.07) is 6.00. The number of benzene rings is 1. The number of carbonyl (C=O) groups excluding carboxylic acids is 1. The molecule has 2 aliphatic rings. The second kappa shape index (κ2) is 4.28. The fourth-order valence-corrected chi connectivity index (χ4v) is 2.17. The Kier molecular flexibility index (Phi) is 2.63. The Labute approximate surface area is 100 Å². The molecule has 1 heterocycles. The molecule has 0 radical (unpaired) electrons. The zero-order valence-corrected chi connectivity index (χ0v) is 9.66. The molecular weight excluding hydrogens is 216 g/mol. The van der Waals surface area contributed by atoms with Crippen LogP contribution in [0.15, 0.2) is 18.2 Å². The van der Waals surface area contributed by atoms with Gasteiger partial charge in [0.05, 0.1) is 11.3 Å². The molecule has 0 bridgehead atoms. The highest BCUT2D eigenvalue weighted by molar-refractivity contribution is 5.99. The van der Waals surface area contributed by atoms with E-state index in [0.29, 0.717) is 24.0 Å². The SMILES string of the molecule is O=C(NC1CCC1)c1cccc2c1OCCN2. The van der Waals surface area contributed by atoms with Gasteiger partial charge in [-0.25, -0.2) is 0 Å². The lowest BCUT2D eigenvalue weighted by atomic mass is 9.93. The first-order chi connectivity index (χ1) is 8.34. The van der Waals surface area contributed by atoms with Crippen LogP contribution in [0.3, 0.4) is 0 Å². The van der Waals surface area contributed by atoms with Crippen molar-refractivity contribution in [1.29, 1.82) is 0 Å². The van der Waals surface area contributed by atoms with Crippen molar-refractivity contribution in [2.75, 3.05) is 18.5 Å². The molecule has 2 N–H and O–H groups in total. The van der Waals surface area contributed by atoms with E-state index in [1.165, 1.54) is 6.42 Å². The molecule has 4 nitrogen and oxygen atoms in total. The lowest BCUT2D eigenvalue weighted by Crippen LogP contribution is -2.39. The summed E-state index contributed by atoms with van der Waals surface area (Å²) in [5.74, 6) is 0.672. The van der Waals surface area contributed by atoms with Crippen molar-refractivity contribution in [3.8, 4) is 5.75 Å². The Balaban J connectivity index is 1.83. The molecular formula is C13H16N2O2. The molecule has 3 rings (SSSR count). The van der Waals surface area contributed by atoms with Crippen LogP contribution in [0.5, 0.6) is 5.75 Å². The van der Waals surface area contributed by atoms with E-state index in [-0.39, 0.29) is 5.91 Å². The molecule has 0 unspecified atom stereocenters. The Morgan fingerprint density at radius 3 is 3.06 bits per heavy atom. The first kappa shape index (κ1) is 10.4. The smallest absolute Gasteiger partial charge is 0.255 e. The third kappa shape index (κ3) is 1.95. The lowest BCUT2D eigenvalue weighted by Gasteiger charge is -2.27. The number of anilines is 1. The standard InChI is InChI=1S/C13H16N2O2/c16-13(15-9-3-1-4-9)10-5-2-6-11-12(10)17-8-7-14-11/h2,5-6,9,14H,1,3-4,7-8H2,(H,15,16). The lowest BCUT2D eigenvalue weighted by molar-refractivity contribution is 0.0913. The van der Waals surface area contributed by atoms with Crippen LogP contribution < -0.4 is 15.4 Å². The average Bonchev–Trinajstić information content (AvgIpc) is 2.33. The number of carbonyl (C=O) groups is 1. The van der Waals surface area contributed by atoms with Crippen molar-refractivity contribution in [1.82, 2.24) is 5.32 Å². The van der Waals surface area contributed by atoms with Crippen LogP contribution in [0.25, 0.3) is 0 Å². The van der Waals surface area contributed by atoms with Crippen molar-refractivity contribution in [2.24, 2.45) is 0 Å². The highest BCUT2D eigenvalue weighted by atomic mass is 16.5. The number of amides is 1. The molecule has 1 aliphatic heterocycles. The van der Waals surface area contributed by atoms with Crippen molar-refractivity contribution < 1.29 is 9.53 Å². The molecule has 4 heteroatoms. The van der Waals surface area contributed by atoms with Gasteiger partial charge in [-0.1, -0.05) is 6.07 Å². The van der Waals surface area contributed by atoms with Crippen molar-refractivity contribution >= 4 is 11.6 Å². The molecule has 0 atom stereocenters. The van der Waals surface area contributed by atoms with E-state index in [4.69, 9.17) is 4.74 Å². The van der Waals surface area contributed by atoms with E-state index in [9.17, 15) is 4.79 Å². The highest BCUT2D eigenvalue weighted by Crippen LogP contribution is 2.31. The van der Waals surface area contributed by atoms with Gasteiger partial charge in [-0.05, 0) is 31.4 Å². The minimum absolute atomic E-state index is 0.0183. The van der Waals surface area contributed by atoms with E-state index in [2.05, 4.69) is 10.6 Å². The third-order valence-corrected chi connectivity index (χ3v) is 3.36. The van der Waals surface area contributed by atoms with Crippen molar-refractivity contribution in [3.63, 3.8) is 0 Å². The van der Waals surface area contributed by atoms with Crippen LogP contribution in [0, 0.1) is 0 Å². The van der Waals surface area contributed by atoms with Crippen molar-refractivity contribution in [2.45, 2.75) is 25.3 Å². The fourth-order valence-electron chi connectivity index (χ4n) is 2.17. The van der Waals surface area contributed by atoms with E-state index < -0.39 is 0 Å². The van der Waals surface area contributed by atoms with E-state index >= 15 is 0 Å². The minimum atomic E-state index is -0.0183. The summed E-state index contributed by atoms with van der Waals surface area (Å²) in [6.07, 6.45) is 3.41. The van der Waals surface area contributed by atoms with Gasteiger partial charge in [0.1, 0.15) is 6.61 Å². The predicted octanol–water partition coefficient (Wildman–Crippen LogP) is 1.77. The molecule has 1 aliphatic carbocycles. The van der Waals surface area contributed by atoms with Crippen LogP contribution in [0.2, 0.25) is 0 Å². The molecule has 17 heavy (non-hydrogen) atoms. The third-order valence-electron chi connectivity index (χ3n) is 3.36. The summed E-state index contributed by atoms with van der Waals surface area (Å²) < 4.78 is 5.59. The highest BCUT2D eigenvalue weighted by Gasteiger charge is 2.23. The fraction of sp³-hybridized carbons (Fsp3) is 0.462. The quantitative estimate of drug-likeness (QED) is 0.817. The van der Waals surface area contributed by atoms with Gasteiger partial charge in [0.25, 0.3) is 5.91 Å². The summed E-state index contributed by atoms with van der Waals surface area (Å²) >= 11 is 0. The molecule has 1 fully saturated rings. The monoisotopic (exact) mass is 232 g/mol. The number of ether oxygens (including phenoxy) is 1. The van der Waals surface area contributed by atoms with Gasteiger partial charge in [0.2, 0.25) is 0 Å². The molecule has 90 valence electrons. The predicted molar refractivity (Wildman–Crippen MR) is 65.5 cm³/mol. The Morgan fingerprint density at radius 2 is 2.29 bits per heavy atom. The van der Waals surface area contributed by atoms with E-state index in [0.717, 1.165) is 25.1 Å². The zero-order valence-electron chi connectivity index (χ0n) is 9.66. The van der Waals surface area contributed by atoms with Crippen LogP contribution in [-0.2, 0) is 0 Å². The molecule has 0 saturated heterocycles. The van der Waals surface area contributed by atoms with Crippen LogP contribution in [-0.4, -0.2) is 25.1 Å². The largest absolute Gasteiger partial charge is 0.489 e. The Hall–Kier alpha value is -1.71. The molecule has 0 aromatic heterocycles. The average molecular weight is 232 g/mol. The van der Waals surface area contributed by atoms with Gasteiger partial charge in [-0.3, -0.25) is 4.79 Å². The molecule has 1 aromatic rings. The molecule has 1 aromatic carbocycles. The first-order valence-corrected chi connectivity index (χ1v) is 6.15. The zero-order chi connectivity index (χ0) is 11.7. The topological polar surface area (TPSA) is 50.4 Å². The number of hydrogen-bond donors (Lipinski definition) is 2. The maximum Gasteiger partial charge on any atom is 0.255 e. The summed E-state index contributed by atoms with van der Waals surface area (Å²) in [4.78, 5) is 12.1. The van der Waals surface area contributed by atoms with Crippen LogP contribution >= 0.6 is 0 Å². The second-order valence-electron chi connectivity index (χ2n) is 4.56. The maximum absolute atomic E-state index is 12.1. The van der Waals surface area contributed by atoms with Crippen LogP contribution in [0.4, 0.5) is 5.69 Å². The number of rotatable bonds is 2. The van der Waals surface area contributed by atoms with Crippen molar-refractivity contribution in [3.05, 3.63) is 23.8 Å². The Bertz CT molecular complexity index is 441. The number of para-hydroxylation sites is 1. The molecule has 0 spiro atoms. The van der Waals surface area contributed by atoms with Gasteiger partial charge in [-0.15, -0.1) is 0 Å². The van der Waals surface area contributed by atoms with Gasteiger partial charge in [0, 0.05) is 12.6 Å². The summed E-state index contributed by atoms with van der Waals surface area (Å²) in [7, 11) is 0. The van der Waals surface area contributed by atoms with Crippen LogP contribution in [0.1, 0.15) is 29.6 Å². The molecule has 1 saturated carbocycles.